The smallest absolute Gasteiger partial charge is 0.309 e. The van der Waals surface area contributed by atoms with Gasteiger partial charge in [0.05, 0.1) is 12.8 Å². The van der Waals surface area contributed by atoms with Crippen LogP contribution in [0.25, 0.3) is 0 Å². The summed E-state index contributed by atoms with van der Waals surface area (Å²) in [6, 6.07) is 0. The first kappa shape index (κ1) is 27.5. The molecule has 6 unspecified atom stereocenters. The molecule has 0 aromatic heterocycles. The van der Waals surface area contributed by atoms with E-state index in [1.54, 1.807) is 0 Å². The normalized spacial score (nSPS) is 16.8. The van der Waals surface area contributed by atoms with E-state index < -0.39 is 87.1 Å². The predicted octanol–water partition coefficient (Wildman–Crippen LogP) is -0.857. The molecule has 0 saturated carbocycles. The lowest BCUT2D eigenvalue weighted by atomic mass is 10.1. The second-order valence-corrected chi connectivity index (χ2v) is 6.23. The third-order valence-corrected chi connectivity index (χ3v) is 3.86. The fraction of sp³-hybridized carbons (Fsp3) is 0.667. The van der Waals surface area contributed by atoms with Crippen LogP contribution in [0.1, 0.15) is 38.5 Å². The van der Waals surface area contributed by atoms with Crippen molar-refractivity contribution in [3.8, 4) is 0 Å². The molecule has 0 fully saturated rings. The van der Waals surface area contributed by atoms with E-state index in [4.69, 9.17) is 0 Å². The maximum Gasteiger partial charge on any atom is 0.309 e. The lowest BCUT2D eigenvalue weighted by Gasteiger charge is -2.21. The zero-order chi connectivity index (χ0) is 23.1. The summed E-state index contributed by atoms with van der Waals surface area (Å²) in [7, 11) is 0. The van der Waals surface area contributed by atoms with Crippen LogP contribution in [0.5, 0.6) is 0 Å². The summed E-state index contributed by atoms with van der Waals surface area (Å²) in [5, 5.41) is 47.0. The Morgan fingerprint density at radius 2 is 0.833 bits per heavy atom. The van der Waals surface area contributed by atoms with Gasteiger partial charge >= 0.3 is 11.9 Å². The van der Waals surface area contributed by atoms with E-state index >= 15 is 0 Å². The Morgan fingerprint density at radius 3 is 1.10 bits per heavy atom. The van der Waals surface area contributed by atoms with E-state index in [0.717, 1.165) is 0 Å². The third kappa shape index (κ3) is 10.9. The van der Waals surface area contributed by atoms with Crippen molar-refractivity contribution in [2.24, 2.45) is 0 Å². The SMILES string of the molecule is [O]C(CC(=O)OC(CC=O)C([O])CC=O)C([O])CC(=O)OC(CC=O)C([O])CC=O. The molecular formula is C18H22O12. The Balaban J connectivity index is 4.70. The van der Waals surface area contributed by atoms with Crippen molar-refractivity contribution in [3.05, 3.63) is 0 Å². The minimum Gasteiger partial charge on any atom is -0.459 e. The van der Waals surface area contributed by atoms with Crippen LogP contribution in [0.4, 0.5) is 0 Å². The van der Waals surface area contributed by atoms with Crippen LogP contribution >= 0.6 is 0 Å². The monoisotopic (exact) mass is 430 g/mol. The quantitative estimate of drug-likeness (QED) is 0.209. The molecule has 0 aromatic rings. The fourth-order valence-electron chi connectivity index (χ4n) is 2.26. The number of hydrogen-bond acceptors (Lipinski definition) is 8. The van der Waals surface area contributed by atoms with Gasteiger partial charge in [-0.15, -0.1) is 0 Å². The molecule has 0 aromatic carbocycles. The lowest BCUT2D eigenvalue weighted by molar-refractivity contribution is -0.172. The summed E-state index contributed by atoms with van der Waals surface area (Å²) in [4.78, 5) is 65.2. The molecule has 6 atom stereocenters. The van der Waals surface area contributed by atoms with Crippen LogP contribution in [0.2, 0.25) is 0 Å². The first-order valence-corrected chi connectivity index (χ1v) is 8.96. The number of ether oxygens (including phenoxy) is 2. The van der Waals surface area contributed by atoms with Crippen LogP contribution < -0.4 is 0 Å². The first-order chi connectivity index (χ1) is 14.2. The topological polar surface area (TPSA) is 200 Å². The Labute approximate surface area is 171 Å². The summed E-state index contributed by atoms with van der Waals surface area (Å²) in [6.07, 6.45) is -13.7. The Bertz CT molecular complexity index is 528. The highest BCUT2D eigenvalue weighted by atomic mass is 16.6. The minimum atomic E-state index is -2.18. The van der Waals surface area contributed by atoms with Gasteiger partial charge in [0.25, 0.3) is 0 Å². The average Bonchev–Trinajstić information content (AvgIpc) is 2.67. The van der Waals surface area contributed by atoms with Crippen LogP contribution in [-0.4, -0.2) is 73.7 Å². The number of carbonyl (C=O) groups is 6. The molecule has 12 heteroatoms. The second kappa shape index (κ2) is 15.3. The maximum absolute atomic E-state index is 11.9. The van der Waals surface area contributed by atoms with Gasteiger partial charge in [-0.05, 0) is 0 Å². The zero-order valence-corrected chi connectivity index (χ0v) is 15.9. The first-order valence-electron chi connectivity index (χ1n) is 8.96. The molecular weight excluding hydrogens is 408 g/mol. The Kier molecular flexibility index (Phi) is 14.0. The van der Waals surface area contributed by atoms with Gasteiger partial charge in [-0.3, -0.25) is 9.59 Å². The average molecular weight is 430 g/mol. The molecule has 0 bridgehead atoms. The van der Waals surface area contributed by atoms with Crippen LogP contribution in [0, 0.1) is 0 Å². The van der Waals surface area contributed by atoms with Crippen molar-refractivity contribution >= 4 is 37.1 Å². The summed E-state index contributed by atoms with van der Waals surface area (Å²) in [5.41, 5.74) is 0. The molecule has 30 heavy (non-hydrogen) atoms. The van der Waals surface area contributed by atoms with E-state index in [0.29, 0.717) is 12.6 Å². The second-order valence-electron chi connectivity index (χ2n) is 6.23. The van der Waals surface area contributed by atoms with E-state index in [1.165, 1.54) is 0 Å². The standard InChI is InChI=1S/C18H22O12/c19-5-1-11(23)15(3-7-21)29-17(27)9-13(25)14(26)10-18(28)30-16(4-8-22)12(24)2-6-20/h5-8,11-16H,1-4,9-10H2. The molecule has 0 saturated heterocycles. The number of esters is 2. The molecule has 0 spiro atoms. The van der Waals surface area contributed by atoms with Crippen molar-refractivity contribution in [3.63, 3.8) is 0 Å². The molecule has 0 aliphatic heterocycles. The van der Waals surface area contributed by atoms with E-state index in [1.807, 2.05) is 0 Å². The number of hydrogen-bond donors (Lipinski definition) is 0. The molecule has 12 nitrogen and oxygen atoms in total. The molecule has 0 heterocycles. The van der Waals surface area contributed by atoms with Crippen molar-refractivity contribution in [2.75, 3.05) is 0 Å². The maximum atomic E-state index is 11.9. The molecule has 0 rings (SSSR count). The van der Waals surface area contributed by atoms with Gasteiger partial charge in [-0.2, -0.15) is 0 Å². The van der Waals surface area contributed by atoms with E-state index in [9.17, 15) is 49.2 Å². The van der Waals surface area contributed by atoms with Gasteiger partial charge in [0, 0.05) is 25.7 Å². The molecule has 0 aliphatic carbocycles. The summed E-state index contributed by atoms with van der Waals surface area (Å²) in [5.74, 6) is -2.51. The van der Waals surface area contributed by atoms with Crippen molar-refractivity contribution in [1.82, 2.24) is 0 Å². The number of rotatable bonds is 17. The van der Waals surface area contributed by atoms with Gasteiger partial charge in [0.2, 0.25) is 0 Å². The molecule has 0 N–H and O–H groups in total. The number of carbonyl (C=O) groups excluding carboxylic acids is 6. The highest BCUT2D eigenvalue weighted by Gasteiger charge is 2.31. The molecule has 166 valence electrons. The van der Waals surface area contributed by atoms with Crippen molar-refractivity contribution in [2.45, 2.75) is 75.1 Å². The van der Waals surface area contributed by atoms with Gasteiger partial charge < -0.3 is 28.7 Å². The largest absolute Gasteiger partial charge is 0.459 e. The summed E-state index contributed by atoms with van der Waals surface area (Å²) < 4.78 is 9.35. The highest BCUT2D eigenvalue weighted by molar-refractivity contribution is 5.72. The van der Waals surface area contributed by atoms with E-state index in [-0.39, 0.29) is 12.6 Å². The summed E-state index contributed by atoms with van der Waals surface area (Å²) in [6.45, 7) is 0. The van der Waals surface area contributed by atoms with Gasteiger partial charge in [-0.1, -0.05) is 0 Å². The van der Waals surface area contributed by atoms with E-state index in [2.05, 4.69) is 9.47 Å². The Morgan fingerprint density at radius 1 is 0.533 bits per heavy atom. The minimum absolute atomic E-state index is 0.276. The molecule has 0 amide bonds. The Hall–Kier alpha value is -2.54. The third-order valence-electron chi connectivity index (χ3n) is 3.86. The van der Waals surface area contributed by atoms with Crippen molar-refractivity contribution < 1.29 is 58.7 Å². The van der Waals surface area contributed by atoms with Crippen LogP contribution in [0.3, 0.4) is 0 Å². The molecule has 0 aliphatic rings. The predicted molar refractivity (Wildman–Crippen MR) is 89.6 cm³/mol. The lowest BCUT2D eigenvalue weighted by Crippen LogP contribution is -2.36. The van der Waals surface area contributed by atoms with Gasteiger partial charge in [-0.25, -0.2) is 20.4 Å². The number of aldehydes is 4. The molecule has 4 radical (unpaired) electrons. The van der Waals surface area contributed by atoms with Crippen LogP contribution in [0.15, 0.2) is 0 Å². The fourth-order valence-corrected chi connectivity index (χ4v) is 2.26. The zero-order valence-electron chi connectivity index (χ0n) is 15.9. The highest BCUT2D eigenvalue weighted by Crippen LogP contribution is 2.14. The van der Waals surface area contributed by atoms with Gasteiger partial charge in [0.1, 0.15) is 61.8 Å². The van der Waals surface area contributed by atoms with Crippen molar-refractivity contribution in [1.29, 1.82) is 0 Å². The summed E-state index contributed by atoms with van der Waals surface area (Å²) >= 11 is 0. The van der Waals surface area contributed by atoms with Crippen LogP contribution in [-0.2, 0) is 58.7 Å². The van der Waals surface area contributed by atoms with Gasteiger partial charge in [0.15, 0.2) is 0 Å².